The highest BCUT2D eigenvalue weighted by Gasteiger charge is 2.35. The van der Waals surface area contributed by atoms with E-state index in [4.69, 9.17) is 5.10 Å². The van der Waals surface area contributed by atoms with Gasteiger partial charge in [-0.25, -0.2) is 4.79 Å². The number of aromatic nitrogens is 2. The zero-order chi connectivity index (χ0) is 13.1. The number of hydrogen-bond donors (Lipinski definition) is 1. The second-order valence-corrected chi connectivity index (χ2v) is 6.85. The standard InChI is InChI=1S/C14H16N2O2S/c1-7(8-2-3-8)16-13-10(6-11(19-13)14(17)18)12(15-16)9-4-5-9/h6-9H,2-5H2,1H3,(H,17,18). The second-order valence-electron chi connectivity index (χ2n) is 5.82. The normalized spacial score (nSPS) is 20.9. The molecular formula is C14H16N2O2S. The number of carbonyl (C=O) groups is 1. The molecule has 0 amide bonds. The van der Waals surface area contributed by atoms with E-state index in [1.54, 1.807) is 0 Å². The van der Waals surface area contributed by atoms with Gasteiger partial charge < -0.3 is 5.11 Å². The molecule has 2 aromatic heterocycles. The molecule has 0 aliphatic heterocycles. The highest BCUT2D eigenvalue weighted by molar-refractivity contribution is 7.20. The van der Waals surface area contributed by atoms with E-state index >= 15 is 0 Å². The third kappa shape index (κ3) is 1.79. The van der Waals surface area contributed by atoms with Gasteiger partial charge in [0.1, 0.15) is 9.71 Å². The van der Waals surface area contributed by atoms with Gasteiger partial charge in [0.15, 0.2) is 0 Å². The van der Waals surface area contributed by atoms with Crippen molar-refractivity contribution >= 4 is 27.5 Å². The largest absolute Gasteiger partial charge is 0.477 e. The van der Waals surface area contributed by atoms with E-state index in [1.165, 1.54) is 37.0 Å². The minimum Gasteiger partial charge on any atom is -0.477 e. The summed E-state index contributed by atoms with van der Waals surface area (Å²) in [7, 11) is 0. The Morgan fingerprint density at radius 1 is 1.47 bits per heavy atom. The summed E-state index contributed by atoms with van der Waals surface area (Å²) >= 11 is 1.37. The van der Waals surface area contributed by atoms with Crippen LogP contribution in [0.1, 0.15) is 59.9 Å². The van der Waals surface area contributed by atoms with Gasteiger partial charge in [0.25, 0.3) is 0 Å². The van der Waals surface area contributed by atoms with Crippen LogP contribution >= 0.6 is 11.3 Å². The number of rotatable bonds is 4. The maximum absolute atomic E-state index is 11.2. The average molecular weight is 276 g/mol. The molecule has 19 heavy (non-hydrogen) atoms. The molecule has 2 heterocycles. The quantitative estimate of drug-likeness (QED) is 0.927. The third-order valence-corrected chi connectivity index (χ3v) is 5.39. The first-order valence-electron chi connectivity index (χ1n) is 6.90. The van der Waals surface area contributed by atoms with E-state index in [1.807, 2.05) is 6.07 Å². The van der Waals surface area contributed by atoms with Crippen LogP contribution in [0.15, 0.2) is 6.07 Å². The Kier molecular flexibility index (Phi) is 2.31. The Morgan fingerprint density at radius 3 is 2.79 bits per heavy atom. The summed E-state index contributed by atoms with van der Waals surface area (Å²) < 4.78 is 2.10. The summed E-state index contributed by atoms with van der Waals surface area (Å²) in [6.45, 7) is 2.21. The fourth-order valence-corrected chi connectivity index (χ4v) is 3.81. The van der Waals surface area contributed by atoms with Crippen LogP contribution < -0.4 is 0 Å². The van der Waals surface area contributed by atoms with Crippen molar-refractivity contribution < 1.29 is 9.90 Å². The van der Waals surface area contributed by atoms with Gasteiger partial charge in [-0.05, 0) is 44.6 Å². The Bertz CT molecular complexity index is 664. The molecule has 0 radical (unpaired) electrons. The van der Waals surface area contributed by atoms with Crippen LogP contribution in [0.4, 0.5) is 0 Å². The van der Waals surface area contributed by atoms with Crippen LogP contribution in [-0.2, 0) is 0 Å². The molecule has 1 N–H and O–H groups in total. The monoisotopic (exact) mass is 276 g/mol. The molecule has 5 heteroatoms. The van der Waals surface area contributed by atoms with Crippen molar-refractivity contribution in [3.63, 3.8) is 0 Å². The molecule has 2 aromatic rings. The van der Waals surface area contributed by atoms with E-state index < -0.39 is 5.97 Å². The SMILES string of the molecule is CC(C1CC1)n1nc(C2CC2)c2cc(C(=O)O)sc21. The van der Waals surface area contributed by atoms with Crippen molar-refractivity contribution in [2.75, 3.05) is 0 Å². The number of thiophene rings is 1. The maximum atomic E-state index is 11.2. The summed E-state index contributed by atoms with van der Waals surface area (Å²) in [4.78, 5) is 12.7. The van der Waals surface area contributed by atoms with Crippen LogP contribution in [0, 0.1) is 5.92 Å². The van der Waals surface area contributed by atoms with Crippen molar-refractivity contribution in [2.45, 2.75) is 44.6 Å². The molecule has 4 nitrogen and oxygen atoms in total. The molecule has 1 atom stereocenters. The number of fused-ring (bicyclic) bond motifs is 1. The van der Waals surface area contributed by atoms with Gasteiger partial charge in [-0.3, -0.25) is 4.68 Å². The summed E-state index contributed by atoms with van der Waals surface area (Å²) in [5, 5.41) is 15.1. The van der Waals surface area contributed by atoms with Crippen molar-refractivity contribution in [1.82, 2.24) is 9.78 Å². The average Bonchev–Trinajstić information content (AvgIpc) is 3.27. The molecule has 0 bridgehead atoms. The molecule has 0 aromatic carbocycles. The van der Waals surface area contributed by atoms with E-state index in [0.29, 0.717) is 16.8 Å². The van der Waals surface area contributed by atoms with Crippen LogP contribution in [0.2, 0.25) is 0 Å². The van der Waals surface area contributed by atoms with Gasteiger partial charge in [0, 0.05) is 11.3 Å². The zero-order valence-corrected chi connectivity index (χ0v) is 11.6. The fourth-order valence-electron chi connectivity index (χ4n) is 2.77. The molecule has 2 aliphatic rings. The summed E-state index contributed by atoms with van der Waals surface area (Å²) in [6, 6.07) is 2.22. The van der Waals surface area contributed by atoms with Crippen LogP contribution in [0.3, 0.4) is 0 Å². The lowest BCUT2D eigenvalue weighted by Crippen LogP contribution is -2.08. The Labute approximate surface area is 115 Å². The Hall–Kier alpha value is -1.36. The number of hydrogen-bond acceptors (Lipinski definition) is 3. The van der Waals surface area contributed by atoms with Crippen molar-refractivity contribution in [3.05, 3.63) is 16.6 Å². The molecule has 1 unspecified atom stereocenters. The zero-order valence-electron chi connectivity index (χ0n) is 10.8. The summed E-state index contributed by atoms with van der Waals surface area (Å²) in [5.74, 6) is 0.463. The maximum Gasteiger partial charge on any atom is 0.345 e. The Balaban J connectivity index is 1.88. The van der Waals surface area contributed by atoms with Gasteiger partial charge in [-0.1, -0.05) is 0 Å². The van der Waals surface area contributed by atoms with Gasteiger partial charge in [-0.15, -0.1) is 11.3 Å². The van der Waals surface area contributed by atoms with Gasteiger partial charge in [0.05, 0.1) is 11.7 Å². The first kappa shape index (κ1) is 11.5. The molecule has 0 saturated heterocycles. The summed E-state index contributed by atoms with van der Waals surface area (Å²) in [6.07, 6.45) is 4.95. The molecular weight excluding hydrogens is 260 g/mol. The van der Waals surface area contributed by atoms with E-state index in [9.17, 15) is 9.90 Å². The third-order valence-electron chi connectivity index (χ3n) is 4.28. The number of carboxylic acids is 1. The number of nitrogens with zero attached hydrogens (tertiary/aromatic N) is 2. The molecule has 4 rings (SSSR count). The predicted molar refractivity (Wildman–Crippen MR) is 74.0 cm³/mol. The fraction of sp³-hybridized carbons (Fsp3) is 0.571. The summed E-state index contributed by atoms with van der Waals surface area (Å²) in [5.41, 5.74) is 1.13. The van der Waals surface area contributed by atoms with Crippen molar-refractivity contribution in [2.24, 2.45) is 5.92 Å². The van der Waals surface area contributed by atoms with Crippen molar-refractivity contribution in [1.29, 1.82) is 0 Å². The number of carboxylic acid groups (broad SMARTS) is 1. The molecule has 2 fully saturated rings. The second kappa shape index (κ2) is 3.82. The van der Waals surface area contributed by atoms with Crippen LogP contribution in [0.25, 0.3) is 10.2 Å². The minimum absolute atomic E-state index is 0.398. The Morgan fingerprint density at radius 2 is 2.21 bits per heavy atom. The molecule has 0 spiro atoms. The van der Waals surface area contributed by atoms with Crippen molar-refractivity contribution in [3.8, 4) is 0 Å². The first-order chi connectivity index (χ1) is 9.15. The highest BCUT2D eigenvalue weighted by atomic mass is 32.1. The van der Waals surface area contributed by atoms with E-state index in [2.05, 4.69) is 11.6 Å². The molecule has 2 saturated carbocycles. The van der Waals surface area contributed by atoms with E-state index in [-0.39, 0.29) is 0 Å². The lowest BCUT2D eigenvalue weighted by atomic mass is 10.2. The topological polar surface area (TPSA) is 55.1 Å². The number of aromatic carboxylic acids is 1. The smallest absolute Gasteiger partial charge is 0.345 e. The minimum atomic E-state index is -0.825. The first-order valence-corrected chi connectivity index (χ1v) is 7.72. The van der Waals surface area contributed by atoms with Crippen LogP contribution in [-0.4, -0.2) is 20.9 Å². The van der Waals surface area contributed by atoms with E-state index in [0.717, 1.165) is 21.8 Å². The molecule has 100 valence electrons. The highest BCUT2D eigenvalue weighted by Crippen LogP contribution is 2.47. The van der Waals surface area contributed by atoms with Gasteiger partial charge in [0.2, 0.25) is 0 Å². The lowest BCUT2D eigenvalue weighted by Gasteiger charge is -2.10. The predicted octanol–water partition coefficient (Wildman–Crippen LogP) is 3.64. The lowest BCUT2D eigenvalue weighted by molar-refractivity contribution is 0.0702. The van der Waals surface area contributed by atoms with Gasteiger partial charge >= 0.3 is 5.97 Å². The van der Waals surface area contributed by atoms with Crippen LogP contribution in [0.5, 0.6) is 0 Å². The molecule has 2 aliphatic carbocycles. The van der Waals surface area contributed by atoms with Gasteiger partial charge in [-0.2, -0.15) is 5.10 Å².